The molecular weight excluding hydrogens is 401 g/mol. The van der Waals surface area contributed by atoms with E-state index < -0.39 is 29.0 Å². The molecule has 0 saturated carbocycles. The molecule has 8 nitrogen and oxygen atoms in total. The number of halogens is 3. The van der Waals surface area contributed by atoms with Crippen LogP contribution in [0.5, 0.6) is 0 Å². The van der Waals surface area contributed by atoms with Crippen molar-refractivity contribution in [3.63, 3.8) is 0 Å². The Morgan fingerprint density at radius 3 is 2.67 bits per heavy atom. The zero-order valence-electron chi connectivity index (χ0n) is 15.3. The molecule has 1 aromatic carbocycles. The van der Waals surface area contributed by atoms with Gasteiger partial charge in [-0.2, -0.15) is 18.4 Å². The quantitative estimate of drug-likeness (QED) is 0.440. The number of carbonyl (C=O) groups is 1. The molecule has 2 aromatic heterocycles. The molecule has 0 aliphatic rings. The Bertz CT molecular complexity index is 1180. The highest BCUT2D eigenvalue weighted by atomic mass is 19.4. The average Bonchev–Trinajstić information content (AvgIpc) is 3.22. The fraction of sp³-hybridized carbons (Fsp3) is 0.105. The summed E-state index contributed by atoms with van der Waals surface area (Å²) < 4.78 is 44.5. The fourth-order valence-electron chi connectivity index (χ4n) is 2.66. The lowest BCUT2D eigenvalue weighted by molar-refractivity contribution is -0.141. The molecule has 0 spiro atoms. The first-order valence-electron chi connectivity index (χ1n) is 8.29. The number of pyridine rings is 1. The number of nitrogens with zero attached hydrogens (tertiary/aromatic N) is 3. The Hall–Kier alpha value is -4.20. The first-order valence-corrected chi connectivity index (χ1v) is 8.29. The summed E-state index contributed by atoms with van der Waals surface area (Å²) in [6.45, 7) is 1.37. The van der Waals surface area contributed by atoms with Gasteiger partial charge in [0.2, 0.25) is 0 Å². The van der Waals surface area contributed by atoms with Gasteiger partial charge in [0, 0.05) is 16.9 Å². The summed E-state index contributed by atoms with van der Waals surface area (Å²) in [6, 6.07) is 6.62. The zero-order valence-corrected chi connectivity index (χ0v) is 15.3. The second kappa shape index (κ2) is 7.67. The van der Waals surface area contributed by atoms with Gasteiger partial charge >= 0.3 is 6.18 Å². The van der Waals surface area contributed by atoms with Crippen molar-refractivity contribution >= 4 is 23.0 Å². The van der Waals surface area contributed by atoms with Crippen LogP contribution in [0.1, 0.15) is 38.6 Å². The van der Waals surface area contributed by atoms with Crippen LogP contribution in [0.4, 0.5) is 24.5 Å². The number of hydrogen-bond acceptors (Lipinski definition) is 7. The Kier molecular flexibility index (Phi) is 5.25. The summed E-state index contributed by atoms with van der Waals surface area (Å²) in [5.74, 6) is -0.769. The Balaban J connectivity index is 1.95. The predicted octanol–water partition coefficient (Wildman–Crippen LogP) is 3.52. The highest BCUT2D eigenvalue weighted by molar-refractivity contribution is 6.13. The second-order valence-electron chi connectivity index (χ2n) is 6.16. The van der Waals surface area contributed by atoms with Gasteiger partial charge in [-0.25, -0.2) is 9.97 Å². The number of oxazole rings is 1. The predicted molar refractivity (Wildman–Crippen MR) is 99.9 cm³/mol. The number of anilines is 2. The fourth-order valence-corrected chi connectivity index (χ4v) is 2.66. The number of aryl methyl sites for hydroxylation is 1. The van der Waals surface area contributed by atoms with Crippen molar-refractivity contribution in [3.05, 3.63) is 70.7 Å². The number of hydrogen-bond donors (Lipinski definition) is 3. The third kappa shape index (κ3) is 3.97. The standard InChI is InChI=1S/C19H13F3N6O2/c1-9-4-10(6-23)17(19(20,21)22)28-16(9)18(29)27-11-2-3-13(24)12(5-11)15(25)14-7-26-8-30-14/h2-5,7-8,25H,24H2,1H3,(H,27,29). The number of nitriles is 1. The minimum Gasteiger partial charge on any atom is -0.442 e. The smallest absolute Gasteiger partial charge is 0.434 e. The van der Waals surface area contributed by atoms with Crippen molar-refractivity contribution in [2.24, 2.45) is 0 Å². The molecule has 0 aliphatic carbocycles. The van der Waals surface area contributed by atoms with E-state index >= 15 is 0 Å². The molecular formula is C19H13F3N6O2. The van der Waals surface area contributed by atoms with Crippen molar-refractivity contribution in [2.75, 3.05) is 11.1 Å². The van der Waals surface area contributed by atoms with Crippen LogP contribution in [0.25, 0.3) is 0 Å². The van der Waals surface area contributed by atoms with Gasteiger partial charge in [-0.3, -0.25) is 10.2 Å². The van der Waals surface area contributed by atoms with E-state index in [1.54, 1.807) is 0 Å². The summed E-state index contributed by atoms with van der Waals surface area (Å²) >= 11 is 0. The SMILES string of the molecule is Cc1cc(C#N)c(C(F)(F)F)nc1C(=O)Nc1ccc(N)c(C(=N)c2cnco2)c1. The van der Waals surface area contributed by atoms with Gasteiger partial charge in [-0.05, 0) is 36.8 Å². The maximum Gasteiger partial charge on any atom is 0.434 e. The van der Waals surface area contributed by atoms with Gasteiger partial charge < -0.3 is 15.5 Å². The van der Waals surface area contributed by atoms with Crippen LogP contribution in [0, 0.1) is 23.7 Å². The number of rotatable bonds is 4. The third-order valence-electron chi connectivity index (χ3n) is 4.08. The number of carbonyl (C=O) groups excluding carboxylic acids is 1. The van der Waals surface area contributed by atoms with E-state index in [1.807, 2.05) is 0 Å². The Labute approximate surface area is 167 Å². The minimum absolute atomic E-state index is 0.0897. The number of aromatic nitrogens is 2. The minimum atomic E-state index is -4.89. The summed E-state index contributed by atoms with van der Waals surface area (Å²) in [5.41, 5.74) is 3.92. The number of amides is 1. The Morgan fingerprint density at radius 2 is 2.07 bits per heavy atom. The maximum absolute atomic E-state index is 13.2. The van der Waals surface area contributed by atoms with Crippen LogP contribution >= 0.6 is 0 Å². The molecule has 0 saturated heterocycles. The van der Waals surface area contributed by atoms with Crippen molar-refractivity contribution < 1.29 is 22.4 Å². The molecule has 11 heteroatoms. The molecule has 0 fully saturated rings. The first kappa shape index (κ1) is 20.5. The van der Waals surface area contributed by atoms with Gasteiger partial charge in [-0.1, -0.05) is 0 Å². The zero-order chi connectivity index (χ0) is 22.1. The van der Waals surface area contributed by atoms with Crippen molar-refractivity contribution in [3.8, 4) is 6.07 Å². The van der Waals surface area contributed by atoms with Crippen molar-refractivity contribution in [2.45, 2.75) is 13.1 Å². The second-order valence-corrected chi connectivity index (χ2v) is 6.16. The molecule has 2 heterocycles. The van der Waals surface area contributed by atoms with E-state index in [-0.39, 0.29) is 34.0 Å². The highest BCUT2D eigenvalue weighted by Gasteiger charge is 2.37. The van der Waals surface area contributed by atoms with Gasteiger partial charge in [-0.15, -0.1) is 0 Å². The first-order chi connectivity index (χ1) is 14.1. The van der Waals surface area contributed by atoms with Crippen LogP contribution < -0.4 is 11.1 Å². The Morgan fingerprint density at radius 1 is 1.33 bits per heavy atom. The molecule has 0 atom stereocenters. The summed E-state index contributed by atoms with van der Waals surface area (Å²) in [5, 5.41) is 19.5. The van der Waals surface area contributed by atoms with Gasteiger partial charge in [0.1, 0.15) is 17.5 Å². The molecule has 3 rings (SSSR count). The van der Waals surface area contributed by atoms with E-state index in [0.29, 0.717) is 0 Å². The van der Waals surface area contributed by atoms with Gasteiger partial charge in [0.15, 0.2) is 17.8 Å². The summed E-state index contributed by atoms with van der Waals surface area (Å²) in [4.78, 5) is 19.7. The van der Waals surface area contributed by atoms with Crippen LogP contribution in [0.2, 0.25) is 0 Å². The molecule has 30 heavy (non-hydrogen) atoms. The molecule has 0 bridgehead atoms. The van der Waals surface area contributed by atoms with Gasteiger partial charge in [0.05, 0.1) is 11.8 Å². The molecule has 4 N–H and O–H groups in total. The van der Waals surface area contributed by atoms with E-state index in [4.69, 9.17) is 20.8 Å². The monoisotopic (exact) mass is 414 g/mol. The van der Waals surface area contributed by atoms with E-state index in [9.17, 15) is 18.0 Å². The largest absolute Gasteiger partial charge is 0.442 e. The lowest BCUT2D eigenvalue weighted by atomic mass is 10.0. The highest BCUT2D eigenvalue weighted by Crippen LogP contribution is 2.31. The molecule has 0 radical (unpaired) electrons. The topological polar surface area (TPSA) is 142 Å². The van der Waals surface area contributed by atoms with E-state index in [0.717, 1.165) is 12.5 Å². The summed E-state index contributed by atoms with van der Waals surface area (Å²) in [7, 11) is 0. The van der Waals surface area contributed by atoms with Crippen molar-refractivity contribution in [1.29, 1.82) is 10.7 Å². The maximum atomic E-state index is 13.2. The van der Waals surface area contributed by atoms with Crippen LogP contribution in [-0.2, 0) is 6.18 Å². The number of nitrogens with two attached hydrogens (primary N) is 1. The van der Waals surface area contributed by atoms with Crippen LogP contribution in [0.3, 0.4) is 0 Å². The average molecular weight is 414 g/mol. The lowest BCUT2D eigenvalue weighted by Gasteiger charge is -2.13. The molecule has 0 aliphatic heterocycles. The van der Waals surface area contributed by atoms with E-state index in [1.165, 1.54) is 37.4 Å². The van der Waals surface area contributed by atoms with Gasteiger partial charge in [0.25, 0.3) is 5.91 Å². The summed E-state index contributed by atoms with van der Waals surface area (Å²) in [6.07, 6.45) is -2.44. The molecule has 3 aromatic rings. The number of alkyl halides is 3. The van der Waals surface area contributed by atoms with Crippen LogP contribution in [-0.4, -0.2) is 21.6 Å². The number of benzene rings is 1. The number of nitrogen functional groups attached to an aromatic ring is 1. The normalized spacial score (nSPS) is 11.0. The molecule has 1 amide bonds. The number of nitrogens with one attached hydrogen (secondary N) is 2. The molecule has 0 unspecified atom stereocenters. The van der Waals surface area contributed by atoms with Crippen LogP contribution in [0.15, 0.2) is 41.3 Å². The lowest BCUT2D eigenvalue weighted by Crippen LogP contribution is -2.20. The third-order valence-corrected chi connectivity index (χ3v) is 4.08. The molecule has 152 valence electrons. The van der Waals surface area contributed by atoms with E-state index in [2.05, 4.69) is 15.3 Å². The van der Waals surface area contributed by atoms with Crippen molar-refractivity contribution in [1.82, 2.24) is 9.97 Å².